The second-order valence-electron chi connectivity index (χ2n) is 2.95. The molecule has 0 unspecified atom stereocenters. The highest BCUT2D eigenvalue weighted by molar-refractivity contribution is 5.74. The third-order valence-electron chi connectivity index (χ3n) is 1.82. The average Bonchev–Trinajstić information content (AvgIpc) is 2.34. The standard InChI is InChI=1S/C9H14N4O4/c1-15-8-6(3-13-17-4-7(10)14)9(16-2)12-5-11-8/h5,13H,3-4H2,1-2H3,(H2,10,14). The summed E-state index contributed by atoms with van der Waals surface area (Å²) in [5.41, 5.74) is 8.03. The Morgan fingerprint density at radius 2 is 1.94 bits per heavy atom. The fraction of sp³-hybridized carbons (Fsp3) is 0.444. The van der Waals surface area contributed by atoms with Crippen LogP contribution in [0.3, 0.4) is 0 Å². The molecule has 0 atom stereocenters. The second-order valence-corrected chi connectivity index (χ2v) is 2.95. The van der Waals surface area contributed by atoms with Crippen LogP contribution in [0.4, 0.5) is 0 Å². The van der Waals surface area contributed by atoms with Gasteiger partial charge in [-0.25, -0.2) is 9.97 Å². The van der Waals surface area contributed by atoms with Gasteiger partial charge in [0.2, 0.25) is 17.7 Å². The van der Waals surface area contributed by atoms with Crippen molar-refractivity contribution in [3.05, 3.63) is 11.9 Å². The van der Waals surface area contributed by atoms with Crippen LogP contribution in [0, 0.1) is 0 Å². The Morgan fingerprint density at radius 3 is 2.41 bits per heavy atom. The lowest BCUT2D eigenvalue weighted by atomic mass is 10.3. The van der Waals surface area contributed by atoms with E-state index in [9.17, 15) is 4.79 Å². The van der Waals surface area contributed by atoms with E-state index in [0.717, 1.165) is 0 Å². The summed E-state index contributed by atoms with van der Waals surface area (Å²) < 4.78 is 10.1. The first-order valence-corrected chi connectivity index (χ1v) is 4.73. The summed E-state index contributed by atoms with van der Waals surface area (Å²) in [5.74, 6) is 0.166. The molecule has 1 aromatic rings. The molecule has 94 valence electrons. The number of primary amides is 1. The Hall–Kier alpha value is -1.93. The van der Waals surface area contributed by atoms with Gasteiger partial charge in [0.25, 0.3) is 0 Å². The SMILES string of the molecule is COc1ncnc(OC)c1CNOCC(N)=O. The number of rotatable bonds is 7. The minimum Gasteiger partial charge on any atom is -0.481 e. The van der Waals surface area contributed by atoms with Crippen molar-refractivity contribution in [2.24, 2.45) is 5.73 Å². The number of aromatic nitrogens is 2. The number of carbonyl (C=O) groups excluding carboxylic acids is 1. The number of hydrogen-bond donors (Lipinski definition) is 2. The summed E-state index contributed by atoms with van der Waals surface area (Å²) in [5, 5.41) is 0. The van der Waals surface area contributed by atoms with Crippen LogP contribution in [0.5, 0.6) is 11.8 Å². The molecular formula is C9H14N4O4. The molecule has 8 nitrogen and oxygen atoms in total. The van der Waals surface area contributed by atoms with Crippen LogP contribution in [-0.2, 0) is 16.2 Å². The fourth-order valence-electron chi connectivity index (χ4n) is 1.13. The van der Waals surface area contributed by atoms with Gasteiger partial charge in [0, 0.05) is 0 Å². The van der Waals surface area contributed by atoms with Gasteiger partial charge in [-0.3, -0.25) is 9.63 Å². The Bertz CT molecular complexity index is 363. The zero-order valence-electron chi connectivity index (χ0n) is 9.60. The van der Waals surface area contributed by atoms with Crippen molar-refractivity contribution in [3.8, 4) is 11.8 Å². The number of nitrogens with two attached hydrogens (primary N) is 1. The third kappa shape index (κ3) is 3.85. The maximum atomic E-state index is 10.4. The highest BCUT2D eigenvalue weighted by Crippen LogP contribution is 2.22. The highest BCUT2D eigenvalue weighted by atomic mass is 16.6. The number of methoxy groups -OCH3 is 2. The van der Waals surface area contributed by atoms with Gasteiger partial charge in [-0.1, -0.05) is 0 Å². The predicted octanol–water partition coefficient (Wildman–Crippen LogP) is -1.000. The molecule has 0 bridgehead atoms. The van der Waals surface area contributed by atoms with Crippen LogP contribution in [0.1, 0.15) is 5.56 Å². The number of nitrogens with zero attached hydrogens (tertiary/aromatic N) is 2. The molecule has 1 amide bonds. The molecule has 3 N–H and O–H groups in total. The largest absolute Gasteiger partial charge is 0.481 e. The van der Waals surface area contributed by atoms with E-state index in [-0.39, 0.29) is 13.2 Å². The minimum absolute atomic E-state index is 0.223. The van der Waals surface area contributed by atoms with E-state index >= 15 is 0 Å². The second kappa shape index (κ2) is 6.61. The molecule has 0 aliphatic heterocycles. The highest BCUT2D eigenvalue weighted by Gasteiger charge is 2.12. The van der Waals surface area contributed by atoms with Crippen molar-refractivity contribution in [2.45, 2.75) is 6.54 Å². The molecule has 0 spiro atoms. The number of nitrogens with one attached hydrogen (secondary N) is 1. The fourth-order valence-corrected chi connectivity index (χ4v) is 1.13. The van der Waals surface area contributed by atoms with Crippen LogP contribution >= 0.6 is 0 Å². The van der Waals surface area contributed by atoms with E-state index in [1.165, 1.54) is 20.5 Å². The molecule has 8 heteroatoms. The first kappa shape index (κ1) is 13.1. The summed E-state index contributed by atoms with van der Waals surface area (Å²) >= 11 is 0. The van der Waals surface area contributed by atoms with Crippen LogP contribution in [0.25, 0.3) is 0 Å². The zero-order chi connectivity index (χ0) is 12.7. The lowest BCUT2D eigenvalue weighted by Gasteiger charge is -2.11. The molecule has 17 heavy (non-hydrogen) atoms. The van der Waals surface area contributed by atoms with Crippen molar-refractivity contribution in [2.75, 3.05) is 20.8 Å². The molecule has 0 fully saturated rings. The van der Waals surface area contributed by atoms with Crippen molar-refractivity contribution in [1.29, 1.82) is 0 Å². The lowest BCUT2D eigenvalue weighted by molar-refractivity contribution is -0.125. The summed E-state index contributed by atoms with van der Waals surface area (Å²) in [4.78, 5) is 23.1. The molecular weight excluding hydrogens is 228 g/mol. The monoisotopic (exact) mass is 242 g/mol. The van der Waals surface area contributed by atoms with E-state index in [4.69, 9.17) is 20.0 Å². The van der Waals surface area contributed by atoms with E-state index in [2.05, 4.69) is 15.4 Å². The van der Waals surface area contributed by atoms with Crippen molar-refractivity contribution >= 4 is 5.91 Å². The first-order chi connectivity index (χ1) is 8.19. The summed E-state index contributed by atoms with van der Waals surface area (Å²) in [7, 11) is 2.96. The van der Waals surface area contributed by atoms with Gasteiger partial charge in [0.05, 0.1) is 26.3 Å². The Labute approximate surface area is 98.0 Å². The number of ether oxygens (including phenoxy) is 2. The van der Waals surface area contributed by atoms with Crippen LogP contribution in [0.15, 0.2) is 6.33 Å². The van der Waals surface area contributed by atoms with E-state index < -0.39 is 5.91 Å². The quantitative estimate of drug-likeness (QED) is 0.466. The predicted molar refractivity (Wildman–Crippen MR) is 57.1 cm³/mol. The average molecular weight is 242 g/mol. The first-order valence-electron chi connectivity index (χ1n) is 4.73. The minimum atomic E-state index is -0.569. The van der Waals surface area contributed by atoms with Gasteiger partial charge in [0.15, 0.2) is 0 Å². The Morgan fingerprint density at radius 1 is 1.35 bits per heavy atom. The molecule has 0 aliphatic rings. The van der Waals surface area contributed by atoms with Gasteiger partial charge < -0.3 is 15.2 Å². The molecule has 0 saturated heterocycles. The van der Waals surface area contributed by atoms with Crippen molar-refractivity contribution in [3.63, 3.8) is 0 Å². The van der Waals surface area contributed by atoms with Gasteiger partial charge in [-0.2, -0.15) is 5.48 Å². The molecule has 0 saturated carbocycles. The Kier molecular flexibility index (Phi) is 5.11. The van der Waals surface area contributed by atoms with E-state index in [1.807, 2.05) is 0 Å². The van der Waals surface area contributed by atoms with Gasteiger partial charge in [-0.15, -0.1) is 0 Å². The number of amides is 1. The maximum Gasteiger partial charge on any atom is 0.245 e. The van der Waals surface area contributed by atoms with Gasteiger partial charge >= 0.3 is 0 Å². The Balaban J connectivity index is 2.64. The molecule has 0 aromatic carbocycles. The topological polar surface area (TPSA) is 109 Å². The molecule has 1 rings (SSSR count). The van der Waals surface area contributed by atoms with Gasteiger partial charge in [0.1, 0.15) is 12.9 Å². The lowest BCUT2D eigenvalue weighted by Crippen LogP contribution is -2.25. The number of hydrogen-bond acceptors (Lipinski definition) is 7. The van der Waals surface area contributed by atoms with Crippen LogP contribution in [0.2, 0.25) is 0 Å². The number of carbonyl (C=O) groups is 1. The number of hydroxylamine groups is 1. The van der Waals surface area contributed by atoms with E-state index in [1.54, 1.807) is 0 Å². The smallest absolute Gasteiger partial charge is 0.245 e. The third-order valence-corrected chi connectivity index (χ3v) is 1.82. The molecule has 0 aliphatic carbocycles. The molecule has 1 aromatic heterocycles. The van der Waals surface area contributed by atoms with Crippen LogP contribution in [-0.4, -0.2) is 36.7 Å². The summed E-state index contributed by atoms with van der Waals surface area (Å²) in [6.45, 7) is -0.00120. The zero-order valence-corrected chi connectivity index (χ0v) is 9.60. The summed E-state index contributed by atoms with van der Waals surface area (Å²) in [6, 6.07) is 0. The molecule has 1 heterocycles. The summed E-state index contributed by atoms with van der Waals surface area (Å²) in [6.07, 6.45) is 1.32. The van der Waals surface area contributed by atoms with Gasteiger partial charge in [-0.05, 0) is 0 Å². The molecule has 0 radical (unpaired) electrons. The normalized spacial score (nSPS) is 10.0. The maximum absolute atomic E-state index is 10.4. The van der Waals surface area contributed by atoms with E-state index in [0.29, 0.717) is 17.3 Å². The van der Waals surface area contributed by atoms with Crippen LogP contribution < -0.4 is 20.7 Å². The van der Waals surface area contributed by atoms with Crippen molar-refractivity contribution < 1.29 is 19.1 Å². The van der Waals surface area contributed by atoms with Crippen molar-refractivity contribution in [1.82, 2.24) is 15.4 Å².